The second kappa shape index (κ2) is 7.38. The molecule has 6 nitrogen and oxygen atoms in total. The first-order chi connectivity index (χ1) is 10.2. The Labute approximate surface area is 124 Å². The van der Waals surface area contributed by atoms with E-state index in [1.807, 2.05) is 0 Å². The first-order valence-corrected chi connectivity index (χ1v) is 7.32. The van der Waals surface area contributed by atoms with Crippen LogP contribution in [0.5, 0.6) is 5.75 Å². The molecule has 0 aromatic heterocycles. The molecule has 116 valence electrons. The molecule has 1 heterocycles. The number of nitrogens with zero attached hydrogens (tertiary/aromatic N) is 2. The summed E-state index contributed by atoms with van der Waals surface area (Å²) in [6.45, 7) is 1.75. The van der Waals surface area contributed by atoms with Crippen LogP contribution in [0.2, 0.25) is 0 Å². The van der Waals surface area contributed by atoms with Crippen LogP contribution < -0.4 is 4.74 Å². The number of aliphatic hydroxyl groups is 1. The van der Waals surface area contributed by atoms with E-state index in [4.69, 9.17) is 4.74 Å². The second-order valence-corrected chi connectivity index (χ2v) is 5.39. The summed E-state index contributed by atoms with van der Waals surface area (Å²) in [4.78, 5) is 12.8. The van der Waals surface area contributed by atoms with Crippen molar-refractivity contribution in [1.29, 1.82) is 0 Å². The lowest BCUT2D eigenvalue weighted by atomic mass is 9.98. The summed E-state index contributed by atoms with van der Waals surface area (Å²) in [5.41, 5.74) is 0.915. The van der Waals surface area contributed by atoms with Crippen LogP contribution in [0.4, 0.5) is 5.69 Å². The maximum absolute atomic E-state index is 10.9. The molecule has 1 unspecified atom stereocenters. The fourth-order valence-corrected chi connectivity index (χ4v) is 2.97. The number of methoxy groups -OCH3 is 1. The van der Waals surface area contributed by atoms with Crippen LogP contribution in [0.25, 0.3) is 0 Å². The number of hydrogen-bond donors (Lipinski definition) is 1. The average molecular weight is 294 g/mol. The van der Waals surface area contributed by atoms with Crippen molar-refractivity contribution in [2.24, 2.45) is 0 Å². The van der Waals surface area contributed by atoms with Crippen LogP contribution in [-0.2, 0) is 6.54 Å². The standard InChI is InChI=1S/C15H22N2O4/c1-21-15-6-5-14(17(19)20)10-12(15)11-16-8-3-2-4-13(16)7-9-18/h5-6,10,13,18H,2-4,7-9,11H2,1H3. The number of benzene rings is 1. The zero-order chi connectivity index (χ0) is 15.2. The van der Waals surface area contributed by atoms with Gasteiger partial charge in [0.2, 0.25) is 0 Å². The number of non-ortho nitro benzene ring substituents is 1. The third-order valence-electron chi connectivity index (χ3n) is 4.06. The highest BCUT2D eigenvalue weighted by Crippen LogP contribution is 2.28. The number of nitro benzene ring substituents is 1. The Morgan fingerprint density at radius 2 is 2.29 bits per heavy atom. The summed E-state index contributed by atoms with van der Waals surface area (Å²) in [6, 6.07) is 5.04. The molecule has 0 amide bonds. The quantitative estimate of drug-likeness (QED) is 0.644. The van der Waals surface area contributed by atoms with Gasteiger partial charge in [-0.3, -0.25) is 15.0 Å². The topological polar surface area (TPSA) is 75.8 Å². The predicted molar refractivity (Wildman–Crippen MR) is 79.4 cm³/mol. The van der Waals surface area contributed by atoms with E-state index in [2.05, 4.69) is 4.90 Å². The van der Waals surface area contributed by atoms with Crippen molar-refractivity contribution in [3.8, 4) is 5.75 Å². The molecular formula is C15H22N2O4. The largest absolute Gasteiger partial charge is 0.496 e. The van der Waals surface area contributed by atoms with Gasteiger partial charge in [-0.1, -0.05) is 6.42 Å². The monoisotopic (exact) mass is 294 g/mol. The Bertz CT molecular complexity index is 491. The molecule has 1 aliphatic rings. The lowest BCUT2D eigenvalue weighted by Crippen LogP contribution is -2.39. The van der Waals surface area contributed by atoms with Gasteiger partial charge in [0.05, 0.1) is 12.0 Å². The van der Waals surface area contributed by atoms with Gasteiger partial charge < -0.3 is 9.84 Å². The van der Waals surface area contributed by atoms with E-state index < -0.39 is 0 Å². The van der Waals surface area contributed by atoms with Gasteiger partial charge in [0.15, 0.2) is 0 Å². The molecule has 1 saturated heterocycles. The summed E-state index contributed by atoms with van der Waals surface area (Å²) in [5.74, 6) is 0.675. The summed E-state index contributed by atoms with van der Waals surface area (Å²) in [6.07, 6.45) is 4.11. The van der Waals surface area contributed by atoms with Gasteiger partial charge in [0, 0.05) is 36.9 Å². The molecule has 1 aromatic rings. The Hall–Kier alpha value is -1.66. The first kappa shape index (κ1) is 15.7. The number of aliphatic hydroxyl groups excluding tert-OH is 1. The van der Waals surface area contributed by atoms with E-state index in [0.717, 1.165) is 31.4 Å². The molecule has 0 aliphatic carbocycles. The van der Waals surface area contributed by atoms with Crippen molar-refractivity contribution in [1.82, 2.24) is 4.90 Å². The van der Waals surface area contributed by atoms with E-state index in [-0.39, 0.29) is 17.2 Å². The van der Waals surface area contributed by atoms with Crippen molar-refractivity contribution >= 4 is 5.69 Å². The van der Waals surface area contributed by atoms with Gasteiger partial charge in [0.25, 0.3) is 5.69 Å². The Balaban J connectivity index is 2.19. The Morgan fingerprint density at radius 1 is 1.48 bits per heavy atom. The molecule has 1 atom stereocenters. The van der Waals surface area contributed by atoms with Crippen LogP contribution in [0.3, 0.4) is 0 Å². The van der Waals surface area contributed by atoms with Crippen LogP contribution >= 0.6 is 0 Å². The number of ether oxygens (including phenoxy) is 1. The molecule has 1 aliphatic heterocycles. The molecule has 1 aromatic carbocycles. The van der Waals surface area contributed by atoms with E-state index in [0.29, 0.717) is 18.3 Å². The van der Waals surface area contributed by atoms with Crippen molar-refractivity contribution in [3.63, 3.8) is 0 Å². The minimum absolute atomic E-state index is 0.0847. The molecule has 0 spiro atoms. The zero-order valence-electron chi connectivity index (χ0n) is 12.3. The molecule has 2 rings (SSSR count). The van der Waals surface area contributed by atoms with E-state index >= 15 is 0 Å². The van der Waals surface area contributed by atoms with Gasteiger partial charge in [-0.2, -0.15) is 0 Å². The molecule has 1 fully saturated rings. The zero-order valence-corrected chi connectivity index (χ0v) is 12.3. The summed E-state index contributed by atoms with van der Waals surface area (Å²) < 4.78 is 5.32. The molecule has 0 saturated carbocycles. The van der Waals surface area contributed by atoms with Crippen molar-refractivity contribution in [2.75, 3.05) is 20.3 Å². The van der Waals surface area contributed by atoms with E-state index in [1.54, 1.807) is 19.2 Å². The highest BCUT2D eigenvalue weighted by atomic mass is 16.6. The van der Waals surface area contributed by atoms with Gasteiger partial charge in [-0.05, 0) is 31.9 Å². The van der Waals surface area contributed by atoms with Crippen LogP contribution in [0, 0.1) is 10.1 Å². The lowest BCUT2D eigenvalue weighted by molar-refractivity contribution is -0.385. The molecule has 1 N–H and O–H groups in total. The minimum atomic E-state index is -0.385. The first-order valence-electron chi connectivity index (χ1n) is 7.32. The molecule has 21 heavy (non-hydrogen) atoms. The Kier molecular flexibility index (Phi) is 5.52. The number of nitro groups is 1. The van der Waals surface area contributed by atoms with Gasteiger partial charge in [-0.25, -0.2) is 0 Å². The van der Waals surface area contributed by atoms with Crippen molar-refractivity contribution in [3.05, 3.63) is 33.9 Å². The third kappa shape index (κ3) is 3.92. The minimum Gasteiger partial charge on any atom is -0.496 e. The maximum atomic E-state index is 10.9. The second-order valence-electron chi connectivity index (χ2n) is 5.39. The third-order valence-corrected chi connectivity index (χ3v) is 4.06. The fourth-order valence-electron chi connectivity index (χ4n) is 2.97. The van der Waals surface area contributed by atoms with Crippen LogP contribution in [-0.4, -0.2) is 41.2 Å². The highest BCUT2D eigenvalue weighted by Gasteiger charge is 2.23. The van der Waals surface area contributed by atoms with E-state index in [1.165, 1.54) is 12.5 Å². The SMILES string of the molecule is COc1ccc([N+](=O)[O-])cc1CN1CCCCC1CCO. The lowest BCUT2D eigenvalue weighted by Gasteiger charge is -2.35. The van der Waals surface area contributed by atoms with Crippen LogP contribution in [0.1, 0.15) is 31.2 Å². The average Bonchev–Trinajstić information content (AvgIpc) is 2.49. The normalized spacial score (nSPS) is 19.4. The van der Waals surface area contributed by atoms with Crippen molar-refractivity contribution < 1.29 is 14.8 Å². The number of likely N-dealkylation sites (tertiary alicyclic amines) is 1. The van der Waals surface area contributed by atoms with E-state index in [9.17, 15) is 15.2 Å². The van der Waals surface area contributed by atoms with Crippen molar-refractivity contribution in [2.45, 2.75) is 38.3 Å². The molecule has 6 heteroatoms. The maximum Gasteiger partial charge on any atom is 0.270 e. The van der Waals surface area contributed by atoms with Gasteiger partial charge in [0.1, 0.15) is 5.75 Å². The highest BCUT2D eigenvalue weighted by molar-refractivity contribution is 5.43. The van der Waals surface area contributed by atoms with Crippen LogP contribution in [0.15, 0.2) is 18.2 Å². The summed E-state index contributed by atoms with van der Waals surface area (Å²) in [5, 5.41) is 20.1. The Morgan fingerprint density at radius 3 is 2.95 bits per heavy atom. The fraction of sp³-hybridized carbons (Fsp3) is 0.600. The molecular weight excluding hydrogens is 272 g/mol. The number of hydrogen-bond acceptors (Lipinski definition) is 5. The summed E-state index contributed by atoms with van der Waals surface area (Å²) >= 11 is 0. The number of piperidine rings is 1. The molecule has 0 radical (unpaired) electrons. The summed E-state index contributed by atoms with van der Waals surface area (Å²) in [7, 11) is 1.58. The van der Waals surface area contributed by atoms with Gasteiger partial charge in [-0.15, -0.1) is 0 Å². The number of rotatable bonds is 6. The predicted octanol–water partition coefficient (Wildman–Crippen LogP) is 2.34. The van der Waals surface area contributed by atoms with Gasteiger partial charge >= 0.3 is 0 Å². The molecule has 0 bridgehead atoms. The smallest absolute Gasteiger partial charge is 0.270 e.